The first-order chi connectivity index (χ1) is 12.9. The van der Waals surface area contributed by atoms with E-state index in [9.17, 15) is 4.91 Å². The van der Waals surface area contributed by atoms with Crippen molar-refractivity contribution < 1.29 is 13.7 Å². The molecule has 3 aliphatic heterocycles. The summed E-state index contributed by atoms with van der Waals surface area (Å²) in [6.45, 7) is 6.11. The number of nitrogens with one attached hydrogen (secondary N) is 1. The monoisotopic (exact) mass is 371 g/mol. The van der Waals surface area contributed by atoms with Gasteiger partial charge in [-0.25, -0.2) is 5.01 Å². The highest BCUT2D eigenvalue weighted by Crippen LogP contribution is 2.44. The first-order valence-electron chi connectivity index (χ1n) is 9.38. The van der Waals surface area contributed by atoms with E-state index in [0.29, 0.717) is 17.5 Å². The van der Waals surface area contributed by atoms with Gasteiger partial charge in [0.15, 0.2) is 5.82 Å². The Morgan fingerprint density at radius 1 is 1.33 bits per heavy atom. The van der Waals surface area contributed by atoms with Crippen LogP contribution in [-0.2, 0) is 10.2 Å². The molecule has 0 saturated carbocycles. The molecule has 1 N–H and O–H groups in total. The van der Waals surface area contributed by atoms with E-state index in [-0.39, 0.29) is 29.6 Å². The fourth-order valence-electron chi connectivity index (χ4n) is 4.28. The van der Waals surface area contributed by atoms with Crippen LogP contribution >= 0.6 is 0 Å². The summed E-state index contributed by atoms with van der Waals surface area (Å²) in [6.07, 6.45) is 7.77. The Morgan fingerprint density at radius 2 is 2.19 bits per heavy atom. The molecule has 5 heterocycles. The molecular formula is C18H23N6O3+. The molecule has 0 amide bonds. The molecule has 4 unspecified atom stereocenters. The molecule has 5 rings (SSSR count). The van der Waals surface area contributed by atoms with Crippen LogP contribution in [0.25, 0.3) is 0 Å². The zero-order valence-electron chi connectivity index (χ0n) is 15.6. The first-order valence-corrected chi connectivity index (χ1v) is 9.38. The van der Waals surface area contributed by atoms with Crippen LogP contribution in [0.15, 0.2) is 28.2 Å². The molecule has 0 spiro atoms. The van der Waals surface area contributed by atoms with E-state index in [0.717, 1.165) is 29.4 Å². The van der Waals surface area contributed by atoms with Gasteiger partial charge in [0.05, 0.1) is 28.9 Å². The molecule has 27 heavy (non-hydrogen) atoms. The van der Waals surface area contributed by atoms with Crippen molar-refractivity contribution in [2.75, 3.05) is 5.01 Å². The summed E-state index contributed by atoms with van der Waals surface area (Å²) in [7, 11) is 0. The second-order valence-electron chi connectivity index (χ2n) is 8.54. The van der Waals surface area contributed by atoms with E-state index >= 15 is 0 Å². The molecule has 9 nitrogen and oxygen atoms in total. The van der Waals surface area contributed by atoms with Crippen LogP contribution < -0.4 is 9.44 Å². The van der Waals surface area contributed by atoms with Crippen molar-refractivity contribution in [3.8, 4) is 0 Å². The predicted octanol–water partition coefficient (Wildman–Crippen LogP) is 1.77. The molecule has 3 aliphatic rings. The number of H-pyrrole nitrogens is 1. The summed E-state index contributed by atoms with van der Waals surface area (Å²) < 4.78 is 12.4. The molecule has 2 bridgehead atoms. The van der Waals surface area contributed by atoms with Gasteiger partial charge >= 0.3 is 0 Å². The molecular weight excluding hydrogens is 348 g/mol. The second kappa shape index (κ2) is 5.72. The lowest BCUT2D eigenvalue weighted by molar-refractivity contribution is -0.494. The van der Waals surface area contributed by atoms with Gasteiger partial charge in [0.25, 0.3) is 6.20 Å². The van der Waals surface area contributed by atoms with Crippen LogP contribution in [0.5, 0.6) is 0 Å². The van der Waals surface area contributed by atoms with Crippen molar-refractivity contribution in [1.29, 1.82) is 0 Å². The fourth-order valence-corrected chi connectivity index (χ4v) is 4.28. The average Bonchev–Trinajstić information content (AvgIpc) is 3.32. The molecule has 2 saturated heterocycles. The quantitative estimate of drug-likeness (QED) is 0.807. The summed E-state index contributed by atoms with van der Waals surface area (Å²) in [5.41, 5.74) is 0.591. The summed E-state index contributed by atoms with van der Waals surface area (Å²) >= 11 is 0. The molecule has 4 atom stereocenters. The Hall–Kier alpha value is -2.55. The third-order valence-electron chi connectivity index (χ3n) is 5.55. The lowest BCUT2D eigenvalue weighted by Crippen LogP contribution is -2.48. The van der Waals surface area contributed by atoms with E-state index in [1.54, 1.807) is 6.20 Å². The van der Waals surface area contributed by atoms with Gasteiger partial charge in [-0.15, -0.1) is 0 Å². The van der Waals surface area contributed by atoms with Gasteiger partial charge in [-0.3, -0.25) is 0 Å². The molecule has 0 aliphatic carbocycles. The normalized spacial score (nSPS) is 29.7. The standard InChI is InChI=1S/C18H23N6O3/c1-18(2,3)17-20-16(22-27-17)14-11-8-10-4-5-12(26-10)15(11)24(21-14)13-9-23(25)7-6-19-13/h6-7,9-12,15H,4-5,8H2,1-3H3,(H,19,25)/q+1. The summed E-state index contributed by atoms with van der Waals surface area (Å²) in [4.78, 5) is 19.5. The van der Waals surface area contributed by atoms with Crippen molar-refractivity contribution in [3.05, 3.63) is 35.2 Å². The molecule has 2 aromatic heterocycles. The number of hydrogen-bond donors (Lipinski definition) is 1. The van der Waals surface area contributed by atoms with Gasteiger partial charge in [0, 0.05) is 16.2 Å². The van der Waals surface area contributed by atoms with Gasteiger partial charge in [-0.05, 0) is 19.3 Å². The summed E-state index contributed by atoms with van der Waals surface area (Å²) in [5, 5.41) is 10.9. The molecule has 2 fully saturated rings. The highest BCUT2D eigenvalue weighted by atomic mass is 16.5. The Kier molecular flexibility index (Phi) is 3.52. The largest absolute Gasteiger partial charge is 0.373 e. The highest BCUT2D eigenvalue weighted by molar-refractivity contribution is 6.02. The number of anilines is 1. The number of hydrazone groups is 1. The van der Waals surface area contributed by atoms with Crippen molar-refractivity contribution >= 4 is 11.5 Å². The minimum atomic E-state index is -0.223. The van der Waals surface area contributed by atoms with E-state index in [2.05, 4.69) is 15.1 Å². The van der Waals surface area contributed by atoms with Crippen molar-refractivity contribution in [3.63, 3.8) is 0 Å². The van der Waals surface area contributed by atoms with Crippen LogP contribution in [0.2, 0.25) is 0 Å². The van der Waals surface area contributed by atoms with Crippen LogP contribution in [-0.4, -0.2) is 39.1 Å². The van der Waals surface area contributed by atoms with Gasteiger partial charge < -0.3 is 14.2 Å². The zero-order valence-corrected chi connectivity index (χ0v) is 15.6. The fraction of sp³-hybridized carbons (Fsp3) is 0.611. The molecule has 9 heteroatoms. The van der Waals surface area contributed by atoms with E-state index in [1.165, 1.54) is 12.4 Å². The maximum atomic E-state index is 11.8. The van der Waals surface area contributed by atoms with Crippen molar-refractivity contribution in [2.45, 2.75) is 63.7 Å². The van der Waals surface area contributed by atoms with Crippen molar-refractivity contribution in [2.24, 2.45) is 11.0 Å². The average molecular weight is 371 g/mol. The third kappa shape index (κ3) is 2.68. The molecule has 2 aromatic rings. The lowest BCUT2D eigenvalue weighted by atomic mass is 9.86. The molecule has 0 radical (unpaired) electrons. The first kappa shape index (κ1) is 16.6. The number of aromatic nitrogens is 4. The molecule has 0 aromatic carbocycles. The van der Waals surface area contributed by atoms with Gasteiger partial charge in [0.1, 0.15) is 5.71 Å². The zero-order chi connectivity index (χ0) is 18.8. The SMILES string of the molecule is CC(C)(C)c1nc(C2=NN(c3c[n+](=O)cc[nH]3)C3C4CCC(CC23)O4)no1. The maximum absolute atomic E-state index is 11.8. The number of rotatable bonds is 2. The Bertz CT molecular complexity index is 958. The Balaban J connectivity index is 1.58. The van der Waals surface area contributed by atoms with E-state index < -0.39 is 0 Å². The second-order valence-corrected chi connectivity index (χ2v) is 8.54. The topological polar surface area (TPSA) is 103 Å². The van der Waals surface area contributed by atoms with Crippen LogP contribution in [0.3, 0.4) is 0 Å². The minimum absolute atomic E-state index is 0.0222. The lowest BCUT2D eigenvalue weighted by Gasteiger charge is -2.35. The highest BCUT2D eigenvalue weighted by Gasteiger charge is 2.53. The number of hydrogen-bond acceptors (Lipinski definition) is 7. The number of ether oxygens (including phenoxy) is 1. The Labute approximate surface area is 156 Å². The van der Waals surface area contributed by atoms with Gasteiger partial charge in [0.2, 0.25) is 17.9 Å². The summed E-state index contributed by atoms with van der Waals surface area (Å²) in [5.74, 6) is 1.90. The van der Waals surface area contributed by atoms with Gasteiger partial charge in [-0.2, -0.15) is 10.1 Å². The van der Waals surface area contributed by atoms with Crippen molar-refractivity contribution in [1.82, 2.24) is 15.1 Å². The maximum Gasteiger partial charge on any atom is 0.269 e. The molecule has 142 valence electrons. The van der Waals surface area contributed by atoms with Crippen LogP contribution in [0.1, 0.15) is 51.7 Å². The van der Waals surface area contributed by atoms with Gasteiger partial charge in [-0.1, -0.05) is 25.9 Å². The predicted molar refractivity (Wildman–Crippen MR) is 96.0 cm³/mol. The smallest absolute Gasteiger partial charge is 0.269 e. The summed E-state index contributed by atoms with van der Waals surface area (Å²) in [6, 6.07) is 0.0222. The Morgan fingerprint density at radius 3 is 2.93 bits per heavy atom. The number of fused-ring (bicyclic) bond motifs is 4. The number of aromatic amines is 1. The van der Waals surface area contributed by atoms with Crippen LogP contribution in [0, 0.1) is 10.8 Å². The number of nitrogens with zero attached hydrogens (tertiary/aromatic N) is 5. The third-order valence-corrected chi connectivity index (χ3v) is 5.55. The van der Waals surface area contributed by atoms with E-state index in [4.69, 9.17) is 14.4 Å². The van der Waals surface area contributed by atoms with Crippen LogP contribution in [0.4, 0.5) is 5.82 Å². The van der Waals surface area contributed by atoms with E-state index in [1.807, 2.05) is 25.8 Å². The minimum Gasteiger partial charge on any atom is -0.373 e.